The summed E-state index contributed by atoms with van der Waals surface area (Å²) in [6, 6.07) is 7.28. The van der Waals surface area contributed by atoms with Gasteiger partial charge in [-0.3, -0.25) is 9.52 Å². The van der Waals surface area contributed by atoms with Gasteiger partial charge in [0.15, 0.2) is 0 Å². The Kier molecular flexibility index (Phi) is 4.81. The first-order chi connectivity index (χ1) is 9.92. The second kappa shape index (κ2) is 6.42. The van der Waals surface area contributed by atoms with Gasteiger partial charge >= 0.3 is 16.2 Å². The van der Waals surface area contributed by atoms with Gasteiger partial charge in [-0.1, -0.05) is 0 Å². The van der Waals surface area contributed by atoms with Crippen LogP contribution in [0.1, 0.15) is 6.42 Å². The molecule has 2 rings (SSSR count). The molecule has 0 unspecified atom stereocenters. The Bertz CT molecular complexity index is 739. The standard InChI is InChI=1S/C13H16N2O4S2/c1-15(7-5-13(16)19-2)21(17,18)14-11-3-4-12-10(9-11)6-8-20-12/h3-4,6,8-9,14H,5,7H2,1-2H3. The number of carbonyl (C=O) groups is 1. The molecular weight excluding hydrogens is 312 g/mol. The minimum absolute atomic E-state index is 0.0114. The van der Waals surface area contributed by atoms with Gasteiger partial charge in [-0.2, -0.15) is 12.7 Å². The summed E-state index contributed by atoms with van der Waals surface area (Å²) in [5, 5.41) is 2.93. The number of anilines is 1. The van der Waals surface area contributed by atoms with Crippen LogP contribution in [0.15, 0.2) is 29.6 Å². The second-order valence-electron chi connectivity index (χ2n) is 4.43. The van der Waals surface area contributed by atoms with Crippen LogP contribution in [0.4, 0.5) is 5.69 Å². The van der Waals surface area contributed by atoms with Crippen molar-refractivity contribution in [3.05, 3.63) is 29.6 Å². The molecule has 0 aliphatic rings. The van der Waals surface area contributed by atoms with Gasteiger partial charge in [0.25, 0.3) is 0 Å². The maximum absolute atomic E-state index is 12.1. The molecule has 0 bridgehead atoms. The normalized spacial score (nSPS) is 11.8. The van der Waals surface area contributed by atoms with E-state index in [0.717, 1.165) is 14.4 Å². The summed E-state index contributed by atoms with van der Waals surface area (Å²) in [6.45, 7) is 0.0582. The van der Waals surface area contributed by atoms with E-state index in [0.29, 0.717) is 5.69 Å². The van der Waals surface area contributed by atoms with E-state index in [2.05, 4.69) is 9.46 Å². The number of carbonyl (C=O) groups excluding carboxylic acids is 1. The van der Waals surface area contributed by atoms with E-state index < -0.39 is 16.2 Å². The first kappa shape index (κ1) is 15.7. The number of nitrogens with one attached hydrogen (secondary N) is 1. The highest BCUT2D eigenvalue weighted by Gasteiger charge is 2.18. The number of nitrogens with zero attached hydrogens (tertiary/aromatic N) is 1. The molecule has 8 heteroatoms. The lowest BCUT2D eigenvalue weighted by molar-refractivity contribution is -0.140. The summed E-state index contributed by atoms with van der Waals surface area (Å²) >= 11 is 1.60. The molecule has 1 N–H and O–H groups in total. The summed E-state index contributed by atoms with van der Waals surface area (Å²) in [6.07, 6.45) is 0.0114. The number of esters is 1. The number of hydrogen-bond donors (Lipinski definition) is 1. The monoisotopic (exact) mass is 328 g/mol. The summed E-state index contributed by atoms with van der Waals surface area (Å²) < 4.78 is 33.4. The lowest BCUT2D eigenvalue weighted by Gasteiger charge is -2.17. The highest BCUT2D eigenvalue weighted by Crippen LogP contribution is 2.24. The molecule has 1 aromatic carbocycles. The van der Waals surface area contributed by atoms with Crippen molar-refractivity contribution in [2.45, 2.75) is 6.42 Å². The fraction of sp³-hybridized carbons (Fsp3) is 0.308. The Morgan fingerprint density at radius 1 is 1.38 bits per heavy atom. The van der Waals surface area contributed by atoms with Gasteiger partial charge in [0.05, 0.1) is 19.2 Å². The first-order valence-electron chi connectivity index (χ1n) is 6.20. The van der Waals surface area contributed by atoms with E-state index >= 15 is 0 Å². The molecular formula is C13H16N2O4S2. The first-order valence-corrected chi connectivity index (χ1v) is 8.52. The van der Waals surface area contributed by atoms with Gasteiger partial charge in [0.2, 0.25) is 0 Å². The van der Waals surface area contributed by atoms with Gasteiger partial charge in [-0.05, 0) is 35.0 Å². The molecule has 21 heavy (non-hydrogen) atoms. The van der Waals surface area contributed by atoms with Crippen molar-refractivity contribution in [1.82, 2.24) is 4.31 Å². The smallest absolute Gasteiger partial charge is 0.306 e. The number of rotatable bonds is 6. The number of benzene rings is 1. The zero-order chi connectivity index (χ0) is 15.5. The molecule has 0 spiro atoms. The van der Waals surface area contributed by atoms with Crippen molar-refractivity contribution in [1.29, 1.82) is 0 Å². The predicted molar refractivity (Wildman–Crippen MR) is 83.6 cm³/mol. The summed E-state index contributed by atoms with van der Waals surface area (Å²) in [5.74, 6) is -0.447. The van der Waals surface area contributed by atoms with E-state index in [-0.39, 0.29) is 13.0 Å². The van der Waals surface area contributed by atoms with Crippen molar-refractivity contribution in [2.75, 3.05) is 25.4 Å². The maximum atomic E-state index is 12.1. The molecule has 0 atom stereocenters. The van der Waals surface area contributed by atoms with E-state index in [1.54, 1.807) is 23.5 Å². The Morgan fingerprint density at radius 3 is 2.86 bits per heavy atom. The van der Waals surface area contributed by atoms with Crippen molar-refractivity contribution in [3.8, 4) is 0 Å². The molecule has 114 valence electrons. The fourth-order valence-electron chi connectivity index (χ4n) is 1.73. The Morgan fingerprint density at radius 2 is 2.14 bits per heavy atom. The van der Waals surface area contributed by atoms with Crippen LogP contribution in [0.3, 0.4) is 0 Å². The number of fused-ring (bicyclic) bond motifs is 1. The SMILES string of the molecule is COC(=O)CCN(C)S(=O)(=O)Nc1ccc2sccc2c1. The largest absolute Gasteiger partial charge is 0.469 e. The van der Waals surface area contributed by atoms with Crippen molar-refractivity contribution in [3.63, 3.8) is 0 Å². The van der Waals surface area contributed by atoms with E-state index in [1.165, 1.54) is 14.2 Å². The highest BCUT2D eigenvalue weighted by atomic mass is 32.2. The molecule has 0 radical (unpaired) electrons. The molecule has 0 aliphatic carbocycles. The predicted octanol–water partition coefficient (Wildman–Crippen LogP) is 2.05. The average Bonchev–Trinajstić information content (AvgIpc) is 2.91. The molecule has 6 nitrogen and oxygen atoms in total. The summed E-state index contributed by atoms with van der Waals surface area (Å²) in [5.41, 5.74) is 0.491. The van der Waals surface area contributed by atoms with Gasteiger partial charge in [0, 0.05) is 18.3 Å². The lowest BCUT2D eigenvalue weighted by Crippen LogP contribution is -2.34. The van der Waals surface area contributed by atoms with Gasteiger partial charge in [-0.15, -0.1) is 11.3 Å². The van der Waals surface area contributed by atoms with Gasteiger partial charge in [-0.25, -0.2) is 0 Å². The van der Waals surface area contributed by atoms with Gasteiger partial charge < -0.3 is 4.74 Å². The number of methoxy groups -OCH3 is 1. The molecule has 1 heterocycles. The quantitative estimate of drug-likeness (QED) is 0.824. The molecule has 0 fully saturated rings. The average molecular weight is 328 g/mol. The van der Waals surface area contributed by atoms with Crippen molar-refractivity contribution in [2.24, 2.45) is 0 Å². The van der Waals surface area contributed by atoms with Gasteiger partial charge in [0.1, 0.15) is 0 Å². The number of hydrogen-bond acceptors (Lipinski definition) is 5. The van der Waals surface area contributed by atoms with E-state index in [9.17, 15) is 13.2 Å². The highest BCUT2D eigenvalue weighted by molar-refractivity contribution is 7.90. The lowest BCUT2D eigenvalue weighted by atomic mass is 10.2. The van der Waals surface area contributed by atoms with Crippen LogP contribution >= 0.6 is 11.3 Å². The van der Waals surface area contributed by atoms with Crippen LogP contribution in [0, 0.1) is 0 Å². The number of ether oxygens (including phenoxy) is 1. The maximum Gasteiger partial charge on any atom is 0.306 e. The molecule has 1 aromatic heterocycles. The van der Waals surface area contributed by atoms with Crippen molar-refractivity contribution < 1.29 is 17.9 Å². The summed E-state index contributed by atoms with van der Waals surface area (Å²) in [7, 11) is -1.01. The minimum Gasteiger partial charge on any atom is -0.469 e. The van der Waals surface area contributed by atoms with Crippen LogP contribution in [0.25, 0.3) is 10.1 Å². The van der Waals surface area contributed by atoms with Crippen LogP contribution in [0.5, 0.6) is 0 Å². The zero-order valence-electron chi connectivity index (χ0n) is 11.7. The van der Waals surface area contributed by atoms with Crippen LogP contribution in [0.2, 0.25) is 0 Å². The Labute approximate surface area is 127 Å². The van der Waals surface area contributed by atoms with E-state index in [1.807, 2.05) is 17.5 Å². The van der Waals surface area contributed by atoms with Crippen molar-refractivity contribution >= 4 is 43.3 Å². The molecule has 0 amide bonds. The van der Waals surface area contributed by atoms with Crippen LogP contribution < -0.4 is 4.72 Å². The molecule has 2 aromatic rings. The third-order valence-electron chi connectivity index (χ3n) is 2.97. The summed E-state index contributed by atoms with van der Waals surface area (Å²) in [4.78, 5) is 11.1. The third kappa shape index (κ3) is 3.93. The van der Waals surface area contributed by atoms with Crippen LogP contribution in [-0.4, -0.2) is 39.4 Å². The Balaban J connectivity index is 2.07. The Hall–Kier alpha value is -1.64. The van der Waals surface area contributed by atoms with E-state index in [4.69, 9.17) is 0 Å². The third-order valence-corrected chi connectivity index (χ3v) is 5.36. The second-order valence-corrected chi connectivity index (χ2v) is 7.15. The minimum atomic E-state index is -3.69. The molecule has 0 saturated carbocycles. The molecule has 0 saturated heterocycles. The fourth-order valence-corrected chi connectivity index (χ4v) is 3.41. The zero-order valence-corrected chi connectivity index (χ0v) is 13.3. The topological polar surface area (TPSA) is 75.7 Å². The molecule has 0 aliphatic heterocycles. The number of thiophene rings is 1. The van der Waals surface area contributed by atoms with Crippen LogP contribution in [-0.2, 0) is 19.7 Å².